The Morgan fingerprint density at radius 3 is 1.27 bits per heavy atom. The van der Waals surface area contributed by atoms with Crippen molar-refractivity contribution in [3.8, 4) is 0 Å². The Hall–Kier alpha value is -2.70. The molecule has 60 heavy (non-hydrogen) atoms. The quantitative estimate of drug-likeness (QED) is 0.0323. The fourth-order valence-electron chi connectivity index (χ4n) is 7.25. The van der Waals surface area contributed by atoms with E-state index in [4.69, 9.17) is 4.74 Å². The van der Waals surface area contributed by atoms with Crippen molar-refractivity contribution in [3.05, 3.63) is 72.9 Å². The first-order chi connectivity index (χ1) is 29.5. The van der Waals surface area contributed by atoms with Gasteiger partial charge >= 0.3 is 5.97 Å². The zero-order valence-corrected chi connectivity index (χ0v) is 39.3. The molecule has 0 aromatic carbocycles. The summed E-state index contributed by atoms with van der Waals surface area (Å²) >= 11 is 0. The molecule has 0 aliphatic rings. The molecule has 0 spiro atoms. The van der Waals surface area contributed by atoms with Crippen molar-refractivity contribution in [2.24, 2.45) is 0 Å². The Bertz CT molecular complexity index is 1120. The Morgan fingerprint density at radius 2 is 0.867 bits per heavy atom. The van der Waals surface area contributed by atoms with Gasteiger partial charge in [0, 0.05) is 6.42 Å². The number of amides is 1. The van der Waals surface area contributed by atoms with Crippen molar-refractivity contribution in [2.75, 3.05) is 6.61 Å². The van der Waals surface area contributed by atoms with E-state index in [1.165, 1.54) is 116 Å². The fraction of sp³-hybridized carbons (Fsp3) is 0.741. The summed E-state index contributed by atoms with van der Waals surface area (Å²) in [4.78, 5) is 26.0. The third kappa shape index (κ3) is 42.0. The van der Waals surface area contributed by atoms with Gasteiger partial charge in [0.25, 0.3) is 0 Å². The van der Waals surface area contributed by atoms with Crippen LogP contribution in [0.15, 0.2) is 72.9 Å². The van der Waals surface area contributed by atoms with Gasteiger partial charge in [0.1, 0.15) is 6.10 Å². The van der Waals surface area contributed by atoms with Crippen LogP contribution in [0.5, 0.6) is 0 Å². The van der Waals surface area contributed by atoms with Crippen molar-refractivity contribution in [3.63, 3.8) is 0 Å². The van der Waals surface area contributed by atoms with Crippen LogP contribution < -0.4 is 5.32 Å². The number of nitrogens with one attached hydrogen (secondary N) is 1. The second kappa shape index (κ2) is 47.4. The second-order valence-electron chi connectivity index (χ2n) is 16.8. The molecular weight excluding hydrogens is 743 g/mol. The molecule has 0 fully saturated rings. The number of carbonyl (C=O) groups excluding carboxylic acids is 2. The summed E-state index contributed by atoms with van der Waals surface area (Å²) in [5.74, 6) is -0.629. The Morgan fingerprint density at radius 1 is 0.500 bits per heavy atom. The van der Waals surface area contributed by atoms with E-state index in [9.17, 15) is 19.8 Å². The molecule has 3 unspecified atom stereocenters. The van der Waals surface area contributed by atoms with Crippen LogP contribution in [0.2, 0.25) is 0 Å². The van der Waals surface area contributed by atoms with Gasteiger partial charge in [-0.3, -0.25) is 9.59 Å². The number of unbranched alkanes of at least 4 members (excludes halogenated alkanes) is 22. The fourth-order valence-corrected chi connectivity index (χ4v) is 7.25. The van der Waals surface area contributed by atoms with Gasteiger partial charge in [-0.15, -0.1) is 0 Å². The van der Waals surface area contributed by atoms with Crippen LogP contribution in [0.4, 0.5) is 0 Å². The first-order valence-electron chi connectivity index (χ1n) is 25.2. The lowest BCUT2D eigenvalue weighted by Gasteiger charge is -2.23. The monoisotopic (exact) mass is 838 g/mol. The van der Waals surface area contributed by atoms with Gasteiger partial charge in [0.2, 0.25) is 5.91 Å². The second-order valence-corrected chi connectivity index (χ2v) is 16.8. The van der Waals surface area contributed by atoms with Crippen molar-refractivity contribution in [1.82, 2.24) is 5.32 Å². The van der Waals surface area contributed by atoms with Crippen LogP contribution in [0.3, 0.4) is 0 Å². The topological polar surface area (TPSA) is 95.9 Å². The van der Waals surface area contributed by atoms with E-state index in [0.717, 1.165) is 70.6 Å². The third-order valence-corrected chi connectivity index (χ3v) is 11.0. The predicted octanol–water partition coefficient (Wildman–Crippen LogP) is 15.0. The van der Waals surface area contributed by atoms with Crippen molar-refractivity contribution in [2.45, 2.75) is 251 Å². The molecule has 0 radical (unpaired) electrons. The lowest BCUT2D eigenvalue weighted by molar-refractivity contribution is -0.148. The van der Waals surface area contributed by atoms with Crippen LogP contribution >= 0.6 is 0 Å². The molecule has 3 N–H and O–H groups in total. The smallest absolute Gasteiger partial charge is 0.306 e. The number of rotatable bonds is 44. The summed E-state index contributed by atoms with van der Waals surface area (Å²) in [5.41, 5.74) is 0. The normalized spacial score (nSPS) is 13.9. The highest BCUT2D eigenvalue weighted by Crippen LogP contribution is 2.16. The Balaban J connectivity index is 4.76. The van der Waals surface area contributed by atoms with Gasteiger partial charge in [-0.1, -0.05) is 235 Å². The molecule has 0 aromatic rings. The summed E-state index contributed by atoms with van der Waals surface area (Å²) in [5, 5.41) is 23.6. The summed E-state index contributed by atoms with van der Waals surface area (Å²) < 4.78 is 5.82. The number of esters is 1. The standard InChI is InChI=1S/C54H95NO5/c1-4-7-10-13-16-19-21-23-25-26-28-29-31-34-36-39-42-45-50(48-53(58)55-51(49-56)52(57)46-43-40-37-33-18-15-12-9-6-3)60-54(59)47-44-41-38-35-32-30-27-24-22-20-17-14-11-8-5-2/h7,10,16,19,23,25,28-29,34,36,42,45,50-52,56-57H,4-6,8-9,11-15,17-18,20-22,24,26-27,30-33,35,37-41,43-44,46-49H2,1-3H3,(H,55,58)/b10-7-,19-16-,25-23-,29-28-,36-34-,45-42-. The molecule has 0 heterocycles. The van der Waals surface area contributed by atoms with E-state index in [2.05, 4.69) is 86.8 Å². The highest BCUT2D eigenvalue weighted by Gasteiger charge is 2.23. The van der Waals surface area contributed by atoms with Crippen LogP contribution in [0.1, 0.15) is 233 Å². The van der Waals surface area contributed by atoms with Gasteiger partial charge < -0.3 is 20.3 Å². The zero-order chi connectivity index (χ0) is 43.8. The molecule has 1 amide bonds. The Labute approximate surface area is 371 Å². The number of ether oxygens (including phenoxy) is 1. The molecule has 0 saturated carbocycles. The van der Waals surface area contributed by atoms with Crippen molar-refractivity contribution in [1.29, 1.82) is 0 Å². The molecule has 0 rings (SSSR count). The van der Waals surface area contributed by atoms with E-state index in [0.29, 0.717) is 19.3 Å². The van der Waals surface area contributed by atoms with Gasteiger partial charge in [-0.05, 0) is 57.4 Å². The van der Waals surface area contributed by atoms with E-state index in [-0.39, 0.29) is 24.9 Å². The van der Waals surface area contributed by atoms with Gasteiger partial charge in [0.15, 0.2) is 0 Å². The van der Waals surface area contributed by atoms with Crippen LogP contribution in [0.25, 0.3) is 0 Å². The average Bonchev–Trinajstić information content (AvgIpc) is 3.24. The third-order valence-electron chi connectivity index (χ3n) is 11.0. The number of allylic oxidation sites excluding steroid dienone is 11. The maximum Gasteiger partial charge on any atom is 0.306 e. The lowest BCUT2D eigenvalue weighted by atomic mass is 10.0. The van der Waals surface area contributed by atoms with Crippen LogP contribution in [-0.2, 0) is 14.3 Å². The SMILES string of the molecule is CC/C=C\C/C=C\C/C=C\C/C=C\C/C=C\C/C=C\C(CC(=O)NC(CO)C(O)CCCCCCCCCCC)OC(=O)CCCCCCCCCCCCCCCCC. The minimum atomic E-state index is -0.819. The molecule has 0 saturated heterocycles. The van der Waals surface area contributed by atoms with Crippen LogP contribution in [-0.4, -0.2) is 46.9 Å². The van der Waals surface area contributed by atoms with E-state index < -0.39 is 18.2 Å². The summed E-state index contributed by atoms with van der Waals surface area (Å²) in [6, 6.07) is -0.742. The molecule has 346 valence electrons. The molecule has 3 atom stereocenters. The Kier molecular flexibility index (Phi) is 45.2. The zero-order valence-electron chi connectivity index (χ0n) is 39.3. The summed E-state index contributed by atoms with van der Waals surface area (Å²) in [7, 11) is 0. The average molecular weight is 838 g/mol. The molecule has 6 nitrogen and oxygen atoms in total. The maximum absolute atomic E-state index is 13.1. The molecule has 0 aliphatic heterocycles. The number of carbonyl (C=O) groups is 2. The predicted molar refractivity (Wildman–Crippen MR) is 259 cm³/mol. The van der Waals surface area contributed by atoms with E-state index in [1.54, 1.807) is 6.08 Å². The number of hydrogen-bond acceptors (Lipinski definition) is 5. The van der Waals surface area contributed by atoms with E-state index >= 15 is 0 Å². The maximum atomic E-state index is 13.1. The minimum absolute atomic E-state index is 0.0476. The number of aliphatic hydroxyl groups is 2. The molecular formula is C54H95NO5. The summed E-state index contributed by atoms with van der Waals surface area (Å²) in [6.07, 6.45) is 60.0. The van der Waals surface area contributed by atoms with Crippen molar-refractivity contribution >= 4 is 11.9 Å². The van der Waals surface area contributed by atoms with Gasteiger partial charge in [0.05, 0.1) is 25.2 Å². The first-order valence-corrected chi connectivity index (χ1v) is 25.2. The molecule has 0 bridgehead atoms. The minimum Gasteiger partial charge on any atom is -0.458 e. The number of aliphatic hydroxyl groups excluding tert-OH is 2. The van der Waals surface area contributed by atoms with Crippen molar-refractivity contribution < 1.29 is 24.5 Å². The highest BCUT2D eigenvalue weighted by atomic mass is 16.5. The molecule has 6 heteroatoms. The molecule has 0 aromatic heterocycles. The summed E-state index contributed by atoms with van der Waals surface area (Å²) in [6.45, 7) is 6.31. The van der Waals surface area contributed by atoms with E-state index in [1.807, 2.05) is 6.08 Å². The lowest BCUT2D eigenvalue weighted by Crippen LogP contribution is -2.46. The van der Waals surface area contributed by atoms with Gasteiger partial charge in [-0.25, -0.2) is 0 Å². The van der Waals surface area contributed by atoms with Crippen LogP contribution in [0, 0.1) is 0 Å². The molecule has 0 aliphatic carbocycles. The number of hydrogen-bond donors (Lipinski definition) is 3. The largest absolute Gasteiger partial charge is 0.458 e. The highest BCUT2D eigenvalue weighted by molar-refractivity contribution is 5.78. The first kappa shape index (κ1) is 57.3. The van der Waals surface area contributed by atoms with Gasteiger partial charge in [-0.2, -0.15) is 0 Å².